The molecule has 132 valence electrons. The lowest BCUT2D eigenvalue weighted by Gasteiger charge is -2.21. The van der Waals surface area contributed by atoms with Crippen molar-refractivity contribution in [1.82, 2.24) is 19.9 Å². The van der Waals surface area contributed by atoms with Gasteiger partial charge in [-0.1, -0.05) is 30.6 Å². The Hall–Kier alpha value is -2.59. The van der Waals surface area contributed by atoms with Gasteiger partial charge < -0.3 is 4.74 Å². The van der Waals surface area contributed by atoms with Gasteiger partial charge in [0.1, 0.15) is 21.3 Å². The fourth-order valence-electron chi connectivity index (χ4n) is 3.29. The standard InChI is InChI=1S/C19H19N5OS/c20-11-14(17-23-16-7-4-9-21-18(16)26-17)15-8-10-22-19(24-15)25-12-13-5-2-1-3-6-13/h4,7-10,13-14H,1-3,5-6,12H2. The maximum absolute atomic E-state index is 9.68. The average Bonchev–Trinajstić information content (AvgIpc) is 3.12. The fourth-order valence-corrected chi connectivity index (χ4v) is 4.25. The third kappa shape index (κ3) is 3.65. The zero-order valence-electron chi connectivity index (χ0n) is 14.3. The van der Waals surface area contributed by atoms with Gasteiger partial charge in [-0.25, -0.2) is 15.0 Å². The molecule has 4 rings (SSSR count). The van der Waals surface area contributed by atoms with E-state index in [0.29, 0.717) is 29.2 Å². The third-order valence-electron chi connectivity index (χ3n) is 4.68. The van der Waals surface area contributed by atoms with E-state index in [1.54, 1.807) is 18.5 Å². The lowest BCUT2D eigenvalue weighted by molar-refractivity contribution is 0.196. The summed E-state index contributed by atoms with van der Waals surface area (Å²) in [6, 6.07) is 8.13. The van der Waals surface area contributed by atoms with Crippen molar-refractivity contribution in [3.63, 3.8) is 0 Å². The molecule has 0 spiro atoms. The van der Waals surface area contributed by atoms with Crippen molar-refractivity contribution >= 4 is 21.7 Å². The van der Waals surface area contributed by atoms with Crippen LogP contribution in [0.1, 0.15) is 48.7 Å². The number of fused-ring (bicyclic) bond motifs is 1. The molecule has 1 unspecified atom stereocenters. The molecule has 1 aliphatic carbocycles. The van der Waals surface area contributed by atoms with Crippen LogP contribution < -0.4 is 4.74 Å². The van der Waals surface area contributed by atoms with Gasteiger partial charge in [-0.15, -0.1) is 0 Å². The number of nitriles is 1. The molecule has 0 N–H and O–H groups in total. The van der Waals surface area contributed by atoms with Gasteiger partial charge in [0, 0.05) is 12.4 Å². The van der Waals surface area contributed by atoms with Crippen LogP contribution in [0.3, 0.4) is 0 Å². The van der Waals surface area contributed by atoms with Gasteiger partial charge >= 0.3 is 6.01 Å². The molecular formula is C19H19N5OS. The van der Waals surface area contributed by atoms with Crippen LogP contribution >= 0.6 is 11.3 Å². The summed E-state index contributed by atoms with van der Waals surface area (Å²) in [6.45, 7) is 0.645. The minimum Gasteiger partial charge on any atom is -0.463 e. The number of ether oxygens (including phenoxy) is 1. The van der Waals surface area contributed by atoms with E-state index in [9.17, 15) is 5.26 Å². The molecule has 0 bridgehead atoms. The van der Waals surface area contributed by atoms with Crippen LogP contribution in [0.5, 0.6) is 6.01 Å². The number of thiazole rings is 1. The molecule has 0 saturated heterocycles. The molecule has 1 fully saturated rings. The lowest BCUT2D eigenvalue weighted by Crippen LogP contribution is -2.16. The summed E-state index contributed by atoms with van der Waals surface area (Å²) in [5.74, 6) is 0.0346. The van der Waals surface area contributed by atoms with Crippen molar-refractivity contribution in [3.8, 4) is 12.1 Å². The molecule has 26 heavy (non-hydrogen) atoms. The Morgan fingerprint density at radius 3 is 2.85 bits per heavy atom. The molecule has 1 aliphatic rings. The van der Waals surface area contributed by atoms with Crippen molar-refractivity contribution in [2.24, 2.45) is 5.92 Å². The molecule has 0 aromatic carbocycles. The molecule has 1 saturated carbocycles. The van der Waals surface area contributed by atoms with Gasteiger partial charge in [0.25, 0.3) is 0 Å². The second kappa shape index (κ2) is 7.75. The van der Waals surface area contributed by atoms with E-state index in [0.717, 1.165) is 10.3 Å². The molecule has 0 amide bonds. The summed E-state index contributed by atoms with van der Waals surface area (Å²) in [5.41, 5.74) is 1.41. The van der Waals surface area contributed by atoms with Gasteiger partial charge in [-0.3, -0.25) is 0 Å². The molecule has 0 aliphatic heterocycles. The van der Waals surface area contributed by atoms with Crippen molar-refractivity contribution < 1.29 is 4.74 Å². The predicted molar refractivity (Wildman–Crippen MR) is 99.0 cm³/mol. The fraction of sp³-hybridized carbons (Fsp3) is 0.421. The quantitative estimate of drug-likeness (QED) is 0.677. The first-order valence-electron chi connectivity index (χ1n) is 8.90. The number of pyridine rings is 1. The Morgan fingerprint density at radius 2 is 2.04 bits per heavy atom. The number of nitrogens with zero attached hydrogens (tertiary/aromatic N) is 5. The highest BCUT2D eigenvalue weighted by molar-refractivity contribution is 7.18. The van der Waals surface area contributed by atoms with Crippen molar-refractivity contribution in [2.75, 3.05) is 6.61 Å². The largest absolute Gasteiger partial charge is 0.463 e. The summed E-state index contributed by atoms with van der Waals surface area (Å²) < 4.78 is 5.81. The molecule has 3 aromatic rings. The topological polar surface area (TPSA) is 84.6 Å². The molecular weight excluding hydrogens is 346 g/mol. The smallest absolute Gasteiger partial charge is 0.316 e. The van der Waals surface area contributed by atoms with Gasteiger partial charge in [0.15, 0.2) is 0 Å². The summed E-state index contributed by atoms with van der Waals surface area (Å²) >= 11 is 1.42. The number of hydrogen-bond donors (Lipinski definition) is 0. The normalized spacial score (nSPS) is 16.3. The van der Waals surface area contributed by atoms with Crippen molar-refractivity contribution in [2.45, 2.75) is 38.0 Å². The van der Waals surface area contributed by atoms with E-state index < -0.39 is 5.92 Å². The highest BCUT2D eigenvalue weighted by Crippen LogP contribution is 2.30. The molecule has 1 atom stereocenters. The van der Waals surface area contributed by atoms with Gasteiger partial charge in [0.05, 0.1) is 18.4 Å². The molecule has 6 nitrogen and oxygen atoms in total. The Bertz CT molecular complexity index is 896. The highest BCUT2D eigenvalue weighted by atomic mass is 32.1. The first kappa shape index (κ1) is 16.9. The minimum absolute atomic E-state index is 0.340. The van der Waals surface area contributed by atoms with Gasteiger partial charge in [-0.05, 0) is 37.0 Å². The van der Waals surface area contributed by atoms with Crippen LogP contribution in [0, 0.1) is 17.2 Å². The lowest BCUT2D eigenvalue weighted by atomic mass is 9.90. The van der Waals surface area contributed by atoms with Crippen molar-refractivity contribution in [3.05, 3.63) is 41.3 Å². The minimum atomic E-state index is -0.547. The Labute approximate surface area is 155 Å². The van der Waals surface area contributed by atoms with E-state index in [1.807, 2.05) is 12.1 Å². The van der Waals surface area contributed by atoms with Crippen LogP contribution in [0.2, 0.25) is 0 Å². The summed E-state index contributed by atoms with van der Waals surface area (Å²) in [7, 11) is 0. The first-order valence-corrected chi connectivity index (χ1v) is 9.72. The molecule has 7 heteroatoms. The summed E-state index contributed by atoms with van der Waals surface area (Å²) in [4.78, 5) is 18.3. The third-order valence-corrected chi connectivity index (χ3v) is 5.73. The second-order valence-electron chi connectivity index (χ2n) is 6.52. The zero-order chi connectivity index (χ0) is 17.8. The summed E-state index contributed by atoms with van der Waals surface area (Å²) in [6.07, 6.45) is 9.66. The van der Waals surface area contributed by atoms with Crippen LogP contribution in [-0.4, -0.2) is 26.5 Å². The first-order chi connectivity index (χ1) is 12.8. The number of aromatic nitrogens is 4. The Kier molecular flexibility index (Phi) is 5.02. The van der Waals surface area contributed by atoms with E-state index in [1.165, 1.54) is 43.4 Å². The molecule has 0 radical (unpaired) electrons. The monoisotopic (exact) mass is 365 g/mol. The maximum Gasteiger partial charge on any atom is 0.316 e. The van der Waals surface area contributed by atoms with E-state index in [-0.39, 0.29) is 0 Å². The average molecular weight is 365 g/mol. The number of rotatable bonds is 5. The number of hydrogen-bond acceptors (Lipinski definition) is 7. The molecule has 3 aromatic heterocycles. The maximum atomic E-state index is 9.68. The van der Waals surface area contributed by atoms with Crippen molar-refractivity contribution in [1.29, 1.82) is 5.26 Å². The van der Waals surface area contributed by atoms with E-state index >= 15 is 0 Å². The SMILES string of the molecule is N#CC(c1ccnc(OCC2CCCCC2)n1)c1nc2cccnc2s1. The Balaban J connectivity index is 1.52. The molecule has 3 heterocycles. The predicted octanol–water partition coefficient (Wildman–Crippen LogP) is 4.10. The van der Waals surface area contributed by atoms with E-state index in [2.05, 4.69) is 26.0 Å². The van der Waals surface area contributed by atoms with Crippen LogP contribution in [0.25, 0.3) is 10.3 Å². The Morgan fingerprint density at radius 1 is 1.15 bits per heavy atom. The van der Waals surface area contributed by atoms with Crippen LogP contribution in [-0.2, 0) is 0 Å². The highest BCUT2D eigenvalue weighted by Gasteiger charge is 2.21. The second-order valence-corrected chi connectivity index (χ2v) is 7.53. The zero-order valence-corrected chi connectivity index (χ0v) is 15.2. The van der Waals surface area contributed by atoms with Crippen LogP contribution in [0.4, 0.5) is 0 Å². The van der Waals surface area contributed by atoms with Gasteiger partial charge in [-0.2, -0.15) is 10.2 Å². The van der Waals surface area contributed by atoms with Crippen LogP contribution in [0.15, 0.2) is 30.6 Å². The van der Waals surface area contributed by atoms with E-state index in [4.69, 9.17) is 4.74 Å². The summed E-state index contributed by atoms with van der Waals surface area (Å²) in [5, 5.41) is 10.4. The van der Waals surface area contributed by atoms with Gasteiger partial charge in [0.2, 0.25) is 0 Å².